The molecule has 0 saturated carbocycles. The summed E-state index contributed by atoms with van der Waals surface area (Å²) in [5.74, 6) is 2.66. The summed E-state index contributed by atoms with van der Waals surface area (Å²) in [5.41, 5.74) is 0. The highest BCUT2D eigenvalue weighted by Gasteiger charge is 1.92. The van der Waals surface area contributed by atoms with E-state index in [0.717, 1.165) is 6.42 Å². The lowest BCUT2D eigenvalue weighted by molar-refractivity contribution is 0.545. The Balaban J connectivity index is 3.03. The molecule has 3 heteroatoms. The quantitative estimate of drug-likeness (QED) is 0.290. The van der Waals surface area contributed by atoms with Crippen LogP contribution in [0, 0.1) is 11.2 Å². The van der Waals surface area contributed by atoms with Crippen LogP contribution < -0.4 is 0 Å². The second-order valence-corrected chi connectivity index (χ2v) is 5.83. The predicted molar refractivity (Wildman–Crippen MR) is 82.4 cm³/mol. The largest absolute Gasteiger partial charge is 0.762 e. The Hall–Kier alpha value is -0.330. The SMILES string of the molecule is CCCCCCCCCCCCCCC#CS(=O)[O-]. The van der Waals surface area contributed by atoms with Gasteiger partial charge < -0.3 is 4.55 Å². The molecule has 0 amide bonds. The summed E-state index contributed by atoms with van der Waals surface area (Å²) in [4.78, 5) is 0. The Morgan fingerprint density at radius 2 is 1.21 bits per heavy atom. The van der Waals surface area contributed by atoms with Crippen LogP contribution in [0.2, 0.25) is 0 Å². The summed E-state index contributed by atoms with van der Waals surface area (Å²) >= 11 is -2.19. The van der Waals surface area contributed by atoms with E-state index in [0.29, 0.717) is 6.42 Å². The van der Waals surface area contributed by atoms with Gasteiger partial charge in [-0.05, 0) is 11.7 Å². The van der Waals surface area contributed by atoms with Gasteiger partial charge in [-0.25, -0.2) is 0 Å². The third kappa shape index (κ3) is 17.7. The lowest BCUT2D eigenvalue weighted by Crippen LogP contribution is -1.82. The molecule has 0 saturated heterocycles. The Morgan fingerprint density at radius 3 is 1.63 bits per heavy atom. The molecule has 1 atom stereocenters. The number of hydrogen-bond acceptors (Lipinski definition) is 2. The van der Waals surface area contributed by atoms with Crippen LogP contribution in [0.25, 0.3) is 0 Å². The number of rotatable bonds is 12. The van der Waals surface area contributed by atoms with Crippen molar-refractivity contribution in [1.82, 2.24) is 0 Å². The average Bonchev–Trinajstić information content (AvgIpc) is 2.39. The van der Waals surface area contributed by atoms with Gasteiger partial charge in [-0.2, -0.15) is 0 Å². The summed E-state index contributed by atoms with van der Waals surface area (Å²) in [6, 6.07) is 0. The second kappa shape index (κ2) is 15.7. The lowest BCUT2D eigenvalue weighted by atomic mass is 10.0. The van der Waals surface area contributed by atoms with Gasteiger partial charge in [0.25, 0.3) is 0 Å². The zero-order valence-electron chi connectivity index (χ0n) is 12.4. The van der Waals surface area contributed by atoms with Crippen molar-refractivity contribution in [1.29, 1.82) is 0 Å². The summed E-state index contributed by atoms with van der Waals surface area (Å²) in [6.45, 7) is 2.26. The molecule has 0 aliphatic heterocycles. The van der Waals surface area contributed by atoms with E-state index in [1.165, 1.54) is 70.6 Å². The molecule has 0 radical (unpaired) electrons. The normalized spacial score (nSPS) is 11.9. The minimum Gasteiger partial charge on any atom is -0.762 e. The number of hydrogen-bond donors (Lipinski definition) is 0. The van der Waals surface area contributed by atoms with Gasteiger partial charge in [-0.3, -0.25) is 4.21 Å². The van der Waals surface area contributed by atoms with E-state index in [1.54, 1.807) is 0 Å². The van der Waals surface area contributed by atoms with Gasteiger partial charge in [0.1, 0.15) is 0 Å². The van der Waals surface area contributed by atoms with Crippen LogP contribution in [0.1, 0.15) is 90.4 Å². The molecule has 2 nitrogen and oxygen atoms in total. The Kier molecular flexibility index (Phi) is 15.5. The molecule has 0 fully saturated rings. The van der Waals surface area contributed by atoms with Crippen molar-refractivity contribution in [2.45, 2.75) is 90.4 Å². The molecule has 0 spiro atoms. The van der Waals surface area contributed by atoms with Gasteiger partial charge in [-0.1, -0.05) is 83.5 Å². The van der Waals surface area contributed by atoms with Crippen LogP contribution in [-0.2, 0) is 11.1 Å². The van der Waals surface area contributed by atoms with Gasteiger partial charge in [-0.15, -0.1) is 0 Å². The van der Waals surface area contributed by atoms with Crippen molar-refractivity contribution >= 4 is 11.1 Å². The maximum absolute atomic E-state index is 10.1. The minimum absolute atomic E-state index is 0.714. The molecule has 0 N–H and O–H groups in total. The van der Waals surface area contributed by atoms with Gasteiger partial charge >= 0.3 is 0 Å². The van der Waals surface area contributed by atoms with Crippen LogP contribution in [0.3, 0.4) is 0 Å². The summed E-state index contributed by atoms with van der Waals surface area (Å²) in [6.07, 6.45) is 16.6. The van der Waals surface area contributed by atoms with E-state index in [4.69, 9.17) is 0 Å². The van der Waals surface area contributed by atoms with E-state index in [2.05, 4.69) is 18.1 Å². The van der Waals surface area contributed by atoms with Crippen LogP contribution in [0.15, 0.2) is 0 Å². The third-order valence-corrected chi connectivity index (χ3v) is 3.62. The molecule has 0 aromatic carbocycles. The maximum Gasteiger partial charge on any atom is 0.0247 e. The van der Waals surface area contributed by atoms with E-state index in [1.807, 2.05) is 0 Å². The first-order valence-electron chi connectivity index (χ1n) is 7.85. The molecule has 0 rings (SSSR count). The topological polar surface area (TPSA) is 40.1 Å². The summed E-state index contributed by atoms with van der Waals surface area (Å²) in [7, 11) is 0. The lowest BCUT2D eigenvalue weighted by Gasteiger charge is -2.01. The first-order chi connectivity index (χ1) is 9.27. The molecule has 0 aliphatic carbocycles. The van der Waals surface area contributed by atoms with E-state index in [-0.39, 0.29) is 0 Å². The van der Waals surface area contributed by atoms with Crippen molar-refractivity contribution in [2.24, 2.45) is 0 Å². The van der Waals surface area contributed by atoms with Crippen molar-refractivity contribution in [3.05, 3.63) is 0 Å². The molecule has 19 heavy (non-hydrogen) atoms. The van der Waals surface area contributed by atoms with E-state index < -0.39 is 11.1 Å². The molecule has 0 aromatic rings. The first kappa shape index (κ1) is 18.7. The fraction of sp³-hybridized carbons (Fsp3) is 0.875. The third-order valence-electron chi connectivity index (χ3n) is 3.31. The van der Waals surface area contributed by atoms with Gasteiger partial charge in [0, 0.05) is 17.5 Å². The highest BCUT2D eigenvalue weighted by Crippen LogP contribution is 2.12. The standard InChI is InChI=1S/C16H30O2S/c1-2-3-4-5-6-7-8-9-10-11-12-13-14-15-16-19(17)18/h2-14H2,1H3,(H,17,18)/p-1. The second-order valence-electron chi connectivity index (χ2n) is 5.15. The Labute approximate surface area is 122 Å². The van der Waals surface area contributed by atoms with Crippen LogP contribution in [0.5, 0.6) is 0 Å². The van der Waals surface area contributed by atoms with Crippen molar-refractivity contribution in [3.63, 3.8) is 0 Å². The predicted octanol–water partition coefficient (Wildman–Crippen LogP) is 4.92. The monoisotopic (exact) mass is 285 g/mol. The Bertz CT molecular complexity index is 266. The van der Waals surface area contributed by atoms with Gasteiger partial charge in [0.15, 0.2) is 0 Å². The van der Waals surface area contributed by atoms with Crippen LogP contribution in [0.4, 0.5) is 0 Å². The van der Waals surface area contributed by atoms with Crippen LogP contribution >= 0.6 is 0 Å². The van der Waals surface area contributed by atoms with Crippen LogP contribution in [-0.4, -0.2) is 8.76 Å². The number of unbranched alkanes of at least 4 members (excludes halogenated alkanes) is 12. The highest BCUT2D eigenvalue weighted by molar-refractivity contribution is 7.84. The van der Waals surface area contributed by atoms with Gasteiger partial charge in [0.05, 0.1) is 0 Å². The van der Waals surface area contributed by atoms with E-state index >= 15 is 0 Å². The molecule has 112 valence electrons. The zero-order chi connectivity index (χ0) is 14.2. The fourth-order valence-electron chi connectivity index (χ4n) is 2.16. The summed E-state index contributed by atoms with van der Waals surface area (Å²) < 4.78 is 20.3. The molecule has 0 aliphatic rings. The van der Waals surface area contributed by atoms with Crippen molar-refractivity contribution < 1.29 is 8.76 Å². The van der Waals surface area contributed by atoms with Crippen molar-refractivity contribution in [3.8, 4) is 11.2 Å². The molecule has 0 heterocycles. The van der Waals surface area contributed by atoms with E-state index in [9.17, 15) is 8.76 Å². The molecule has 0 aromatic heterocycles. The fourth-order valence-corrected chi connectivity index (χ4v) is 2.38. The maximum atomic E-state index is 10.1. The molecule has 1 unspecified atom stereocenters. The molecular formula is C16H29O2S-. The Morgan fingerprint density at radius 1 is 0.789 bits per heavy atom. The summed E-state index contributed by atoms with van der Waals surface area (Å²) in [5, 5.41) is 2.15. The highest BCUT2D eigenvalue weighted by atomic mass is 32.2. The first-order valence-corrected chi connectivity index (χ1v) is 8.92. The minimum atomic E-state index is -2.19. The average molecular weight is 285 g/mol. The molecular weight excluding hydrogens is 256 g/mol. The zero-order valence-corrected chi connectivity index (χ0v) is 13.2. The molecule has 0 bridgehead atoms. The van der Waals surface area contributed by atoms with Crippen molar-refractivity contribution in [2.75, 3.05) is 0 Å². The smallest absolute Gasteiger partial charge is 0.0247 e. The van der Waals surface area contributed by atoms with Gasteiger partial charge in [0.2, 0.25) is 0 Å².